The highest BCUT2D eigenvalue weighted by atomic mass is 16.2. The second kappa shape index (κ2) is 6.55. The molecular formula is C16H22N2O2. The van der Waals surface area contributed by atoms with Crippen LogP contribution in [0.4, 0.5) is 0 Å². The fourth-order valence-electron chi connectivity index (χ4n) is 2.50. The summed E-state index contributed by atoms with van der Waals surface area (Å²) in [7, 11) is 0. The molecule has 1 atom stereocenters. The van der Waals surface area contributed by atoms with E-state index in [1.807, 2.05) is 30.9 Å². The largest absolute Gasteiger partial charge is 0.341 e. The average Bonchev–Trinajstić information content (AvgIpc) is 2.62. The van der Waals surface area contributed by atoms with Gasteiger partial charge in [-0.25, -0.2) is 0 Å². The minimum atomic E-state index is -0.383. The van der Waals surface area contributed by atoms with Crippen LogP contribution in [0.15, 0.2) is 24.3 Å². The van der Waals surface area contributed by atoms with Crippen molar-refractivity contribution in [3.8, 4) is 0 Å². The number of nitrogens with one attached hydrogen (secondary N) is 1. The molecule has 1 fully saturated rings. The lowest BCUT2D eigenvalue weighted by Gasteiger charge is -2.23. The predicted octanol–water partition coefficient (Wildman–Crippen LogP) is 2.13. The SMILES string of the molecule is CCN1CCCCC(NC(=O)c2ccc(C)cc2)C1=O. The van der Waals surface area contributed by atoms with Gasteiger partial charge in [-0.2, -0.15) is 0 Å². The van der Waals surface area contributed by atoms with E-state index >= 15 is 0 Å². The Bertz CT molecular complexity index is 482. The Labute approximate surface area is 120 Å². The number of likely N-dealkylation sites (N-methyl/N-ethyl adjacent to an activating group) is 1. The van der Waals surface area contributed by atoms with E-state index in [2.05, 4.69) is 5.32 Å². The molecule has 0 spiro atoms. The molecule has 108 valence electrons. The molecule has 2 amide bonds. The number of benzene rings is 1. The smallest absolute Gasteiger partial charge is 0.251 e. The number of aryl methyl sites for hydroxylation is 1. The number of carbonyl (C=O) groups excluding carboxylic acids is 2. The molecule has 2 rings (SSSR count). The van der Waals surface area contributed by atoms with Crippen LogP contribution in [0.1, 0.15) is 42.1 Å². The van der Waals surface area contributed by atoms with E-state index in [0.717, 1.165) is 31.4 Å². The monoisotopic (exact) mass is 274 g/mol. The molecule has 0 radical (unpaired) electrons. The van der Waals surface area contributed by atoms with Crippen LogP contribution in [0.3, 0.4) is 0 Å². The van der Waals surface area contributed by atoms with Gasteiger partial charge in [0, 0.05) is 18.7 Å². The van der Waals surface area contributed by atoms with Crippen molar-refractivity contribution >= 4 is 11.8 Å². The van der Waals surface area contributed by atoms with Gasteiger partial charge < -0.3 is 10.2 Å². The molecule has 1 N–H and O–H groups in total. The van der Waals surface area contributed by atoms with Crippen LogP contribution in [0.25, 0.3) is 0 Å². The highest BCUT2D eigenvalue weighted by molar-refractivity contribution is 5.97. The van der Waals surface area contributed by atoms with Gasteiger partial charge in [-0.3, -0.25) is 9.59 Å². The third kappa shape index (κ3) is 3.38. The molecule has 0 saturated carbocycles. The first-order valence-electron chi connectivity index (χ1n) is 7.28. The minimum Gasteiger partial charge on any atom is -0.341 e. The van der Waals surface area contributed by atoms with Gasteiger partial charge >= 0.3 is 0 Å². The standard InChI is InChI=1S/C16H22N2O2/c1-3-18-11-5-4-6-14(16(18)20)17-15(19)13-9-7-12(2)8-10-13/h7-10,14H,3-6,11H2,1-2H3,(H,17,19). The molecule has 1 unspecified atom stereocenters. The van der Waals surface area contributed by atoms with E-state index < -0.39 is 0 Å². The first-order chi connectivity index (χ1) is 9.61. The lowest BCUT2D eigenvalue weighted by molar-refractivity contribution is -0.132. The third-order valence-electron chi connectivity index (χ3n) is 3.78. The minimum absolute atomic E-state index is 0.0467. The number of rotatable bonds is 3. The Morgan fingerprint density at radius 1 is 1.30 bits per heavy atom. The van der Waals surface area contributed by atoms with Gasteiger partial charge in [0.05, 0.1) is 0 Å². The Kier molecular flexibility index (Phi) is 4.77. The first-order valence-corrected chi connectivity index (χ1v) is 7.28. The van der Waals surface area contributed by atoms with Crippen molar-refractivity contribution in [2.45, 2.75) is 39.2 Å². The fraction of sp³-hybridized carbons (Fsp3) is 0.500. The molecule has 0 aromatic heterocycles. The molecular weight excluding hydrogens is 252 g/mol. The molecule has 4 heteroatoms. The maximum Gasteiger partial charge on any atom is 0.251 e. The number of hydrogen-bond acceptors (Lipinski definition) is 2. The van der Waals surface area contributed by atoms with Crippen molar-refractivity contribution < 1.29 is 9.59 Å². The van der Waals surface area contributed by atoms with E-state index in [4.69, 9.17) is 0 Å². The lowest BCUT2D eigenvalue weighted by atomic mass is 10.1. The molecule has 0 aliphatic carbocycles. The Balaban J connectivity index is 2.05. The second-order valence-corrected chi connectivity index (χ2v) is 5.31. The van der Waals surface area contributed by atoms with Crippen LogP contribution in [0.2, 0.25) is 0 Å². The first kappa shape index (κ1) is 14.6. The molecule has 1 saturated heterocycles. The van der Waals surface area contributed by atoms with E-state index in [-0.39, 0.29) is 17.9 Å². The van der Waals surface area contributed by atoms with Crippen LogP contribution < -0.4 is 5.32 Å². The molecule has 1 aliphatic rings. The van der Waals surface area contributed by atoms with Crippen LogP contribution in [-0.4, -0.2) is 35.8 Å². The number of nitrogens with zero attached hydrogens (tertiary/aromatic N) is 1. The summed E-state index contributed by atoms with van der Waals surface area (Å²) in [5, 5.41) is 2.88. The van der Waals surface area contributed by atoms with E-state index in [1.165, 1.54) is 0 Å². The zero-order chi connectivity index (χ0) is 14.5. The molecule has 1 heterocycles. The van der Waals surface area contributed by atoms with Gasteiger partial charge in [-0.1, -0.05) is 17.7 Å². The van der Waals surface area contributed by atoms with Crippen molar-refractivity contribution in [3.05, 3.63) is 35.4 Å². The summed E-state index contributed by atoms with van der Waals surface area (Å²) in [5.74, 6) is -0.119. The van der Waals surface area contributed by atoms with Crippen molar-refractivity contribution in [1.82, 2.24) is 10.2 Å². The van der Waals surface area contributed by atoms with Gasteiger partial charge in [0.15, 0.2) is 0 Å². The number of carbonyl (C=O) groups is 2. The summed E-state index contributed by atoms with van der Waals surface area (Å²) >= 11 is 0. The van der Waals surface area contributed by atoms with Crippen LogP contribution in [-0.2, 0) is 4.79 Å². The Morgan fingerprint density at radius 3 is 2.65 bits per heavy atom. The molecule has 1 aliphatic heterocycles. The highest BCUT2D eigenvalue weighted by Crippen LogP contribution is 2.13. The zero-order valence-electron chi connectivity index (χ0n) is 12.2. The maximum absolute atomic E-state index is 12.3. The van der Waals surface area contributed by atoms with Crippen LogP contribution in [0, 0.1) is 6.92 Å². The molecule has 4 nitrogen and oxygen atoms in total. The fourth-order valence-corrected chi connectivity index (χ4v) is 2.50. The predicted molar refractivity (Wildman–Crippen MR) is 78.5 cm³/mol. The quantitative estimate of drug-likeness (QED) is 0.918. The van der Waals surface area contributed by atoms with Crippen molar-refractivity contribution in [1.29, 1.82) is 0 Å². The summed E-state index contributed by atoms with van der Waals surface area (Å²) in [6, 6.07) is 7.02. The van der Waals surface area contributed by atoms with Crippen molar-refractivity contribution in [3.63, 3.8) is 0 Å². The van der Waals surface area contributed by atoms with Crippen molar-refractivity contribution in [2.75, 3.05) is 13.1 Å². The second-order valence-electron chi connectivity index (χ2n) is 5.31. The molecule has 20 heavy (non-hydrogen) atoms. The normalized spacial score (nSPS) is 19.6. The van der Waals surface area contributed by atoms with E-state index in [1.54, 1.807) is 12.1 Å². The number of likely N-dealkylation sites (tertiary alicyclic amines) is 1. The summed E-state index contributed by atoms with van der Waals surface area (Å²) in [6.45, 7) is 5.46. The van der Waals surface area contributed by atoms with Gasteiger partial charge in [0.25, 0.3) is 5.91 Å². The molecule has 1 aromatic rings. The van der Waals surface area contributed by atoms with Crippen molar-refractivity contribution in [2.24, 2.45) is 0 Å². The van der Waals surface area contributed by atoms with Gasteiger partial charge in [-0.05, 0) is 45.2 Å². The molecule has 1 aromatic carbocycles. The summed E-state index contributed by atoms with van der Waals surface area (Å²) in [4.78, 5) is 26.3. The van der Waals surface area contributed by atoms with E-state index in [9.17, 15) is 9.59 Å². The van der Waals surface area contributed by atoms with E-state index in [0.29, 0.717) is 12.1 Å². The zero-order valence-corrected chi connectivity index (χ0v) is 12.2. The lowest BCUT2D eigenvalue weighted by Crippen LogP contribution is -2.47. The Hall–Kier alpha value is -1.84. The highest BCUT2D eigenvalue weighted by Gasteiger charge is 2.27. The van der Waals surface area contributed by atoms with Gasteiger partial charge in [0.2, 0.25) is 5.91 Å². The topological polar surface area (TPSA) is 49.4 Å². The van der Waals surface area contributed by atoms with Crippen LogP contribution in [0.5, 0.6) is 0 Å². The average molecular weight is 274 g/mol. The Morgan fingerprint density at radius 2 is 2.00 bits per heavy atom. The maximum atomic E-state index is 12.3. The summed E-state index contributed by atoms with van der Waals surface area (Å²) in [6.07, 6.45) is 2.71. The van der Waals surface area contributed by atoms with Gasteiger partial charge in [0.1, 0.15) is 6.04 Å². The molecule has 0 bridgehead atoms. The summed E-state index contributed by atoms with van der Waals surface area (Å²) < 4.78 is 0. The number of hydrogen-bond donors (Lipinski definition) is 1. The summed E-state index contributed by atoms with van der Waals surface area (Å²) in [5.41, 5.74) is 1.72. The third-order valence-corrected chi connectivity index (χ3v) is 3.78. The van der Waals surface area contributed by atoms with Gasteiger partial charge in [-0.15, -0.1) is 0 Å². The van der Waals surface area contributed by atoms with Crippen LogP contribution >= 0.6 is 0 Å². The number of amides is 2.